The van der Waals surface area contributed by atoms with Crippen molar-refractivity contribution in [2.45, 2.75) is 90.1 Å². The van der Waals surface area contributed by atoms with Gasteiger partial charge in [-0.1, -0.05) is 39.0 Å². The minimum atomic E-state index is -0.288. The molecule has 1 fully saturated rings. The molecule has 0 aliphatic heterocycles. The predicted octanol–water partition coefficient (Wildman–Crippen LogP) is 4.16. The molecular weight excluding hydrogens is 268 g/mol. The standard InChI is InChI=1S/C17H30O4/c1-2-3-4-9-14-20-16(18)12-13-17(19)21-15-10-7-5-6-8-11-15/h15H,2-14H2,1H3. The van der Waals surface area contributed by atoms with Crippen LogP contribution in [0.15, 0.2) is 0 Å². The van der Waals surface area contributed by atoms with Crippen molar-refractivity contribution in [3.63, 3.8) is 0 Å². The zero-order chi connectivity index (χ0) is 15.3. The van der Waals surface area contributed by atoms with Crippen molar-refractivity contribution in [2.75, 3.05) is 6.61 Å². The predicted molar refractivity (Wildman–Crippen MR) is 81.9 cm³/mol. The van der Waals surface area contributed by atoms with E-state index in [1.807, 2.05) is 0 Å². The van der Waals surface area contributed by atoms with Gasteiger partial charge in [0.2, 0.25) is 0 Å². The van der Waals surface area contributed by atoms with Crippen molar-refractivity contribution in [1.29, 1.82) is 0 Å². The summed E-state index contributed by atoms with van der Waals surface area (Å²) in [7, 11) is 0. The molecule has 0 N–H and O–H groups in total. The van der Waals surface area contributed by atoms with E-state index in [4.69, 9.17) is 9.47 Å². The van der Waals surface area contributed by atoms with Crippen LogP contribution in [-0.4, -0.2) is 24.6 Å². The fourth-order valence-corrected chi connectivity index (χ4v) is 2.60. The van der Waals surface area contributed by atoms with Crippen molar-refractivity contribution in [3.05, 3.63) is 0 Å². The second kappa shape index (κ2) is 11.6. The fourth-order valence-electron chi connectivity index (χ4n) is 2.60. The highest BCUT2D eigenvalue weighted by Gasteiger charge is 2.17. The van der Waals surface area contributed by atoms with Gasteiger partial charge in [0.05, 0.1) is 19.4 Å². The van der Waals surface area contributed by atoms with Gasteiger partial charge < -0.3 is 9.47 Å². The zero-order valence-electron chi connectivity index (χ0n) is 13.4. The van der Waals surface area contributed by atoms with E-state index in [0.29, 0.717) is 6.61 Å². The number of rotatable bonds is 9. The number of esters is 2. The van der Waals surface area contributed by atoms with Crippen LogP contribution in [0.2, 0.25) is 0 Å². The summed E-state index contributed by atoms with van der Waals surface area (Å²) in [6, 6.07) is 0. The summed E-state index contributed by atoms with van der Waals surface area (Å²) in [5.74, 6) is -0.547. The van der Waals surface area contributed by atoms with E-state index in [1.54, 1.807) is 0 Å². The van der Waals surface area contributed by atoms with Crippen LogP contribution in [0, 0.1) is 0 Å². The van der Waals surface area contributed by atoms with Crippen LogP contribution in [0.5, 0.6) is 0 Å². The van der Waals surface area contributed by atoms with Crippen LogP contribution in [-0.2, 0) is 19.1 Å². The molecule has 0 bridgehead atoms. The molecule has 4 heteroatoms. The third-order valence-electron chi connectivity index (χ3n) is 3.89. The van der Waals surface area contributed by atoms with Gasteiger partial charge >= 0.3 is 11.9 Å². The normalized spacial score (nSPS) is 16.2. The lowest BCUT2D eigenvalue weighted by Gasteiger charge is -2.15. The molecule has 0 spiro atoms. The first-order valence-corrected chi connectivity index (χ1v) is 8.57. The molecule has 122 valence electrons. The maximum Gasteiger partial charge on any atom is 0.306 e. The van der Waals surface area contributed by atoms with Gasteiger partial charge in [-0.3, -0.25) is 9.59 Å². The third kappa shape index (κ3) is 9.48. The lowest BCUT2D eigenvalue weighted by molar-refractivity contribution is -0.154. The van der Waals surface area contributed by atoms with Crippen LogP contribution < -0.4 is 0 Å². The van der Waals surface area contributed by atoms with E-state index in [2.05, 4.69) is 6.92 Å². The second-order valence-corrected chi connectivity index (χ2v) is 5.88. The first-order chi connectivity index (χ1) is 10.2. The number of hydrogen-bond acceptors (Lipinski definition) is 4. The van der Waals surface area contributed by atoms with E-state index in [-0.39, 0.29) is 30.9 Å². The van der Waals surface area contributed by atoms with Gasteiger partial charge in [-0.25, -0.2) is 0 Å². The highest BCUT2D eigenvalue weighted by molar-refractivity contribution is 5.77. The van der Waals surface area contributed by atoms with E-state index in [0.717, 1.165) is 38.5 Å². The molecule has 1 saturated carbocycles. The molecule has 4 nitrogen and oxygen atoms in total. The first-order valence-electron chi connectivity index (χ1n) is 8.57. The quantitative estimate of drug-likeness (QED) is 0.364. The average Bonchev–Trinajstić information content (AvgIpc) is 2.73. The summed E-state index contributed by atoms with van der Waals surface area (Å²) in [5, 5.41) is 0. The Balaban J connectivity index is 2.04. The molecule has 0 atom stereocenters. The van der Waals surface area contributed by atoms with Gasteiger partial charge in [0.25, 0.3) is 0 Å². The molecule has 0 heterocycles. The summed E-state index contributed by atoms with van der Waals surface area (Å²) in [5.41, 5.74) is 0. The third-order valence-corrected chi connectivity index (χ3v) is 3.89. The lowest BCUT2D eigenvalue weighted by atomic mass is 10.1. The van der Waals surface area contributed by atoms with Gasteiger partial charge in [0.1, 0.15) is 6.10 Å². The van der Waals surface area contributed by atoms with Crippen LogP contribution in [0.4, 0.5) is 0 Å². The Labute approximate surface area is 128 Å². The molecule has 21 heavy (non-hydrogen) atoms. The Morgan fingerprint density at radius 2 is 1.57 bits per heavy atom. The molecule has 0 aromatic carbocycles. The second-order valence-electron chi connectivity index (χ2n) is 5.88. The first kappa shape index (κ1) is 18.0. The topological polar surface area (TPSA) is 52.6 Å². The molecule has 0 aromatic heterocycles. The number of carbonyl (C=O) groups excluding carboxylic acids is 2. The van der Waals surface area contributed by atoms with Gasteiger partial charge in [-0.15, -0.1) is 0 Å². The smallest absolute Gasteiger partial charge is 0.306 e. The minimum Gasteiger partial charge on any atom is -0.466 e. The Hall–Kier alpha value is -1.06. The van der Waals surface area contributed by atoms with Gasteiger partial charge in [-0.2, -0.15) is 0 Å². The van der Waals surface area contributed by atoms with Gasteiger partial charge in [0, 0.05) is 0 Å². The SMILES string of the molecule is CCCCCCOC(=O)CCC(=O)OC1CCCCCC1. The van der Waals surface area contributed by atoms with Crippen molar-refractivity contribution in [2.24, 2.45) is 0 Å². The highest BCUT2D eigenvalue weighted by Crippen LogP contribution is 2.20. The largest absolute Gasteiger partial charge is 0.466 e. The Bertz CT molecular complexity index is 293. The van der Waals surface area contributed by atoms with Gasteiger partial charge in [-0.05, 0) is 32.1 Å². The maximum absolute atomic E-state index is 11.7. The number of carbonyl (C=O) groups is 2. The number of unbranched alkanes of at least 4 members (excludes halogenated alkanes) is 3. The maximum atomic E-state index is 11.7. The molecule has 1 aliphatic carbocycles. The summed E-state index contributed by atoms with van der Waals surface area (Å²) < 4.78 is 10.5. The Kier molecular flexibility index (Phi) is 9.92. The van der Waals surface area contributed by atoms with Crippen LogP contribution in [0.1, 0.15) is 84.0 Å². The van der Waals surface area contributed by atoms with E-state index in [9.17, 15) is 9.59 Å². The van der Waals surface area contributed by atoms with Crippen LogP contribution in [0.3, 0.4) is 0 Å². The highest BCUT2D eigenvalue weighted by atomic mass is 16.5. The molecule has 0 amide bonds. The summed E-state index contributed by atoms with van der Waals surface area (Å²) in [6.07, 6.45) is 11.4. The molecule has 1 aliphatic rings. The Morgan fingerprint density at radius 1 is 0.905 bits per heavy atom. The minimum absolute atomic E-state index is 0.0602. The molecule has 0 unspecified atom stereocenters. The van der Waals surface area contributed by atoms with E-state index >= 15 is 0 Å². The summed E-state index contributed by atoms with van der Waals surface area (Å²) in [4.78, 5) is 23.2. The summed E-state index contributed by atoms with van der Waals surface area (Å²) >= 11 is 0. The van der Waals surface area contributed by atoms with Crippen molar-refractivity contribution < 1.29 is 19.1 Å². The van der Waals surface area contributed by atoms with Crippen LogP contribution in [0.25, 0.3) is 0 Å². The van der Waals surface area contributed by atoms with Crippen LogP contribution >= 0.6 is 0 Å². The average molecular weight is 298 g/mol. The molecule has 0 aromatic rings. The molecule has 0 saturated heterocycles. The number of ether oxygens (including phenoxy) is 2. The summed E-state index contributed by atoms with van der Waals surface area (Å²) in [6.45, 7) is 2.61. The van der Waals surface area contributed by atoms with Crippen molar-refractivity contribution in [1.82, 2.24) is 0 Å². The Morgan fingerprint density at radius 3 is 2.24 bits per heavy atom. The van der Waals surface area contributed by atoms with Crippen molar-refractivity contribution >= 4 is 11.9 Å². The molecule has 1 rings (SSSR count). The fraction of sp³-hybridized carbons (Fsp3) is 0.882. The van der Waals surface area contributed by atoms with E-state index in [1.165, 1.54) is 25.7 Å². The lowest BCUT2D eigenvalue weighted by Crippen LogP contribution is -2.18. The molecule has 0 radical (unpaired) electrons. The monoisotopic (exact) mass is 298 g/mol. The molecular formula is C17H30O4. The zero-order valence-corrected chi connectivity index (χ0v) is 13.4. The number of hydrogen-bond donors (Lipinski definition) is 0. The van der Waals surface area contributed by atoms with Gasteiger partial charge in [0.15, 0.2) is 0 Å². The van der Waals surface area contributed by atoms with E-state index < -0.39 is 0 Å². The van der Waals surface area contributed by atoms with Crippen molar-refractivity contribution in [3.8, 4) is 0 Å².